The Bertz CT molecular complexity index is 581. The molecule has 1 aromatic heterocycles. The van der Waals surface area contributed by atoms with E-state index in [2.05, 4.69) is 64.2 Å². The second-order valence-corrected chi connectivity index (χ2v) is 6.19. The van der Waals surface area contributed by atoms with E-state index in [0.717, 1.165) is 18.8 Å². The minimum atomic E-state index is 0.501. The summed E-state index contributed by atoms with van der Waals surface area (Å²) in [5.74, 6) is 2.08. The molecule has 0 spiro atoms. The van der Waals surface area contributed by atoms with Crippen LogP contribution in [0.2, 0.25) is 0 Å². The van der Waals surface area contributed by atoms with Gasteiger partial charge in [-0.15, -0.1) is 0 Å². The van der Waals surface area contributed by atoms with E-state index in [1.807, 2.05) is 0 Å². The molecule has 0 fully saturated rings. The van der Waals surface area contributed by atoms with Gasteiger partial charge in [-0.2, -0.15) is 0 Å². The molecule has 2 aromatic rings. The van der Waals surface area contributed by atoms with Crippen LogP contribution in [0.3, 0.4) is 0 Å². The Kier molecular flexibility index (Phi) is 5.24. The highest BCUT2D eigenvalue weighted by Gasteiger charge is 2.15. The van der Waals surface area contributed by atoms with Gasteiger partial charge >= 0.3 is 0 Å². The van der Waals surface area contributed by atoms with E-state index in [-0.39, 0.29) is 0 Å². The molecule has 0 aliphatic rings. The molecule has 1 aromatic carbocycles. The maximum absolute atomic E-state index is 5.67. The Balaban J connectivity index is 2.46. The van der Waals surface area contributed by atoms with Gasteiger partial charge in [0.2, 0.25) is 0 Å². The molecular formula is C19H27NO. The monoisotopic (exact) mass is 285 g/mol. The van der Waals surface area contributed by atoms with Crippen LogP contribution in [-0.4, -0.2) is 6.54 Å². The van der Waals surface area contributed by atoms with Gasteiger partial charge in [-0.3, -0.25) is 0 Å². The number of hydrogen-bond acceptors (Lipinski definition) is 2. The smallest absolute Gasteiger partial charge is 0.125 e. The summed E-state index contributed by atoms with van der Waals surface area (Å²) in [6.45, 7) is 12.8. The van der Waals surface area contributed by atoms with Crippen LogP contribution in [0.25, 0.3) is 11.1 Å². The summed E-state index contributed by atoms with van der Waals surface area (Å²) < 4.78 is 5.67. The van der Waals surface area contributed by atoms with Crippen molar-refractivity contribution in [3.05, 3.63) is 47.4 Å². The average molecular weight is 285 g/mol. The van der Waals surface area contributed by atoms with Crippen molar-refractivity contribution in [1.29, 1.82) is 0 Å². The predicted molar refractivity (Wildman–Crippen MR) is 89.7 cm³/mol. The second kappa shape index (κ2) is 6.95. The number of furan rings is 1. The zero-order chi connectivity index (χ0) is 15.4. The summed E-state index contributed by atoms with van der Waals surface area (Å²) >= 11 is 0. The molecule has 0 saturated carbocycles. The molecule has 0 amide bonds. The average Bonchev–Trinajstić information content (AvgIpc) is 2.92. The zero-order valence-corrected chi connectivity index (χ0v) is 13.9. The fourth-order valence-electron chi connectivity index (χ4n) is 2.62. The van der Waals surface area contributed by atoms with Crippen molar-refractivity contribution in [3.8, 4) is 11.1 Å². The summed E-state index contributed by atoms with van der Waals surface area (Å²) in [5.41, 5.74) is 5.32. The van der Waals surface area contributed by atoms with Gasteiger partial charge in [0.05, 0.1) is 12.8 Å². The molecule has 2 heteroatoms. The number of hydrogen-bond donors (Lipinski definition) is 1. The van der Waals surface area contributed by atoms with Crippen molar-refractivity contribution in [1.82, 2.24) is 5.32 Å². The highest BCUT2D eigenvalue weighted by atomic mass is 16.3. The van der Waals surface area contributed by atoms with Crippen molar-refractivity contribution in [2.24, 2.45) is 0 Å². The Hall–Kier alpha value is -1.54. The fraction of sp³-hybridized carbons (Fsp3) is 0.474. The van der Waals surface area contributed by atoms with Crippen LogP contribution in [0.15, 0.2) is 34.9 Å². The first-order chi connectivity index (χ1) is 10.0. The van der Waals surface area contributed by atoms with Gasteiger partial charge in [-0.05, 0) is 41.1 Å². The molecule has 0 radical (unpaired) electrons. The minimum Gasteiger partial charge on any atom is -0.467 e. The standard InChI is InChI=1S/C19H27NO/c1-6-20-12-19-17(9-10-21-19)16-8-7-15(13(2)3)11-18(16)14(4)5/h7-11,13-14,20H,6,12H2,1-5H3. The Morgan fingerprint density at radius 1 is 1.00 bits per heavy atom. The first kappa shape index (κ1) is 15.8. The first-order valence-corrected chi connectivity index (χ1v) is 7.95. The lowest BCUT2D eigenvalue weighted by Crippen LogP contribution is -2.11. The molecule has 114 valence electrons. The van der Waals surface area contributed by atoms with Crippen LogP contribution in [0.4, 0.5) is 0 Å². The largest absolute Gasteiger partial charge is 0.467 e. The summed E-state index contributed by atoms with van der Waals surface area (Å²) in [6, 6.07) is 8.94. The van der Waals surface area contributed by atoms with E-state index >= 15 is 0 Å². The lowest BCUT2D eigenvalue weighted by molar-refractivity contribution is 0.489. The Morgan fingerprint density at radius 2 is 1.76 bits per heavy atom. The van der Waals surface area contributed by atoms with E-state index < -0.39 is 0 Å². The molecule has 1 heterocycles. The summed E-state index contributed by atoms with van der Waals surface area (Å²) in [4.78, 5) is 0. The molecule has 2 nitrogen and oxygen atoms in total. The lowest BCUT2D eigenvalue weighted by atomic mass is 9.88. The molecular weight excluding hydrogens is 258 g/mol. The van der Waals surface area contributed by atoms with E-state index in [0.29, 0.717) is 11.8 Å². The third-order valence-corrected chi connectivity index (χ3v) is 3.94. The first-order valence-electron chi connectivity index (χ1n) is 7.95. The molecule has 21 heavy (non-hydrogen) atoms. The Morgan fingerprint density at radius 3 is 2.38 bits per heavy atom. The van der Waals surface area contributed by atoms with Gasteiger partial charge < -0.3 is 9.73 Å². The summed E-state index contributed by atoms with van der Waals surface area (Å²) in [7, 11) is 0. The van der Waals surface area contributed by atoms with Gasteiger partial charge in [-0.25, -0.2) is 0 Å². The molecule has 0 aliphatic carbocycles. The van der Waals surface area contributed by atoms with Gasteiger partial charge in [0.15, 0.2) is 0 Å². The third kappa shape index (κ3) is 3.56. The van der Waals surface area contributed by atoms with Crippen molar-refractivity contribution >= 4 is 0 Å². The molecule has 0 aliphatic heterocycles. The highest BCUT2D eigenvalue weighted by molar-refractivity contribution is 5.70. The van der Waals surface area contributed by atoms with Gasteiger partial charge in [0.25, 0.3) is 0 Å². The van der Waals surface area contributed by atoms with E-state index in [9.17, 15) is 0 Å². The minimum absolute atomic E-state index is 0.501. The maximum Gasteiger partial charge on any atom is 0.125 e. The van der Waals surface area contributed by atoms with Crippen LogP contribution < -0.4 is 5.32 Å². The molecule has 0 unspecified atom stereocenters. The fourth-order valence-corrected chi connectivity index (χ4v) is 2.62. The topological polar surface area (TPSA) is 25.2 Å². The van der Waals surface area contributed by atoms with Crippen LogP contribution >= 0.6 is 0 Å². The van der Waals surface area contributed by atoms with E-state index in [4.69, 9.17) is 4.42 Å². The maximum atomic E-state index is 5.67. The van der Waals surface area contributed by atoms with E-state index in [1.54, 1.807) is 6.26 Å². The SMILES string of the molecule is CCNCc1occc1-c1ccc(C(C)C)cc1C(C)C. The van der Waals surface area contributed by atoms with Gasteiger partial charge in [0.1, 0.15) is 5.76 Å². The Labute approximate surface area is 128 Å². The van der Waals surface area contributed by atoms with E-state index in [1.165, 1.54) is 22.3 Å². The van der Waals surface area contributed by atoms with Crippen LogP contribution in [0, 0.1) is 0 Å². The van der Waals surface area contributed by atoms with Gasteiger partial charge in [-0.1, -0.05) is 52.8 Å². The van der Waals surface area contributed by atoms with Crippen LogP contribution in [0.1, 0.15) is 63.3 Å². The lowest BCUT2D eigenvalue weighted by Gasteiger charge is -2.16. The highest BCUT2D eigenvalue weighted by Crippen LogP contribution is 2.34. The van der Waals surface area contributed by atoms with Crippen molar-refractivity contribution in [2.75, 3.05) is 6.54 Å². The number of benzene rings is 1. The molecule has 0 bridgehead atoms. The molecule has 0 atom stereocenters. The van der Waals surface area contributed by atoms with Crippen LogP contribution in [-0.2, 0) is 6.54 Å². The number of nitrogens with one attached hydrogen (secondary N) is 1. The third-order valence-electron chi connectivity index (χ3n) is 3.94. The van der Waals surface area contributed by atoms with Crippen molar-refractivity contribution in [2.45, 2.75) is 53.0 Å². The molecule has 1 N–H and O–H groups in total. The van der Waals surface area contributed by atoms with Crippen molar-refractivity contribution < 1.29 is 4.42 Å². The van der Waals surface area contributed by atoms with Crippen LogP contribution in [0.5, 0.6) is 0 Å². The second-order valence-electron chi connectivity index (χ2n) is 6.19. The quantitative estimate of drug-likeness (QED) is 0.778. The zero-order valence-electron chi connectivity index (χ0n) is 13.9. The van der Waals surface area contributed by atoms with Gasteiger partial charge in [0, 0.05) is 5.56 Å². The summed E-state index contributed by atoms with van der Waals surface area (Å²) in [5, 5.41) is 3.35. The predicted octanol–water partition coefficient (Wildman–Crippen LogP) is 5.30. The molecule has 0 saturated heterocycles. The van der Waals surface area contributed by atoms with Crippen molar-refractivity contribution in [3.63, 3.8) is 0 Å². The number of rotatable bonds is 6. The summed E-state index contributed by atoms with van der Waals surface area (Å²) in [6.07, 6.45) is 1.79. The molecule has 2 rings (SSSR count). The normalized spacial score (nSPS) is 11.6.